The Bertz CT molecular complexity index is 853. The standard InChI is InChI=1S/C23H28N2O4/c1-16(24-23(27)17-8-5-4-6-9-17)14-22(26)25-13-7-10-19(25)18-11-12-20(28-2)21(15-18)29-3/h4-6,8-9,11-12,15-16,19H,7,10,13-14H2,1-3H3,(H,24,27). The second-order valence-corrected chi connectivity index (χ2v) is 7.30. The molecule has 1 aliphatic rings. The molecule has 1 heterocycles. The van der Waals surface area contributed by atoms with Crippen LogP contribution < -0.4 is 14.8 Å². The first-order chi connectivity index (χ1) is 14.0. The van der Waals surface area contributed by atoms with Gasteiger partial charge < -0.3 is 19.7 Å². The first-order valence-corrected chi connectivity index (χ1v) is 9.90. The van der Waals surface area contributed by atoms with Crippen molar-refractivity contribution in [3.05, 3.63) is 59.7 Å². The molecule has 2 aromatic carbocycles. The van der Waals surface area contributed by atoms with Gasteiger partial charge in [0, 0.05) is 24.6 Å². The highest BCUT2D eigenvalue weighted by Gasteiger charge is 2.31. The summed E-state index contributed by atoms with van der Waals surface area (Å²) in [4.78, 5) is 27.2. The van der Waals surface area contributed by atoms with Crippen LogP contribution in [-0.4, -0.2) is 43.5 Å². The van der Waals surface area contributed by atoms with Crippen LogP contribution >= 0.6 is 0 Å². The molecule has 6 nitrogen and oxygen atoms in total. The third-order valence-electron chi connectivity index (χ3n) is 5.26. The van der Waals surface area contributed by atoms with E-state index >= 15 is 0 Å². The molecule has 1 N–H and O–H groups in total. The number of likely N-dealkylation sites (tertiary alicyclic amines) is 1. The molecular weight excluding hydrogens is 368 g/mol. The Labute approximate surface area is 171 Å². The number of methoxy groups -OCH3 is 2. The number of ether oxygens (including phenoxy) is 2. The van der Waals surface area contributed by atoms with Gasteiger partial charge in [-0.2, -0.15) is 0 Å². The Hall–Kier alpha value is -3.02. The van der Waals surface area contributed by atoms with Crippen molar-refractivity contribution in [1.29, 1.82) is 0 Å². The van der Waals surface area contributed by atoms with Crippen molar-refractivity contribution >= 4 is 11.8 Å². The summed E-state index contributed by atoms with van der Waals surface area (Å²) in [7, 11) is 3.21. The molecule has 3 rings (SSSR count). The quantitative estimate of drug-likeness (QED) is 0.777. The van der Waals surface area contributed by atoms with Gasteiger partial charge in [-0.1, -0.05) is 24.3 Å². The van der Waals surface area contributed by atoms with E-state index in [0.29, 0.717) is 17.1 Å². The smallest absolute Gasteiger partial charge is 0.251 e. The molecule has 154 valence electrons. The zero-order chi connectivity index (χ0) is 20.8. The average molecular weight is 396 g/mol. The second kappa shape index (κ2) is 9.45. The molecule has 2 atom stereocenters. The zero-order valence-electron chi connectivity index (χ0n) is 17.2. The van der Waals surface area contributed by atoms with Crippen molar-refractivity contribution < 1.29 is 19.1 Å². The van der Waals surface area contributed by atoms with Crippen LogP contribution in [0.5, 0.6) is 11.5 Å². The molecule has 0 spiro atoms. The molecule has 1 saturated heterocycles. The molecule has 0 bridgehead atoms. The lowest BCUT2D eigenvalue weighted by atomic mass is 10.0. The number of hydrogen-bond donors (Lipinski definition) is 1. The first-order valence-electron chi connectivity index (χ1n) is 9.90. The van der Waals surface area contributed by atoms with Crippen LogP contribution in [0.25, 0.3) is 0 Å². The van der Waals surface area contributed by atoms with Crippen LogP contribution in [0, 0.1) is 0 Å². The molecule has 1 aliphatic heterocycles. The molecule has 29 heavy (non-hydrogen) atoms. The van der Waals surface area contributed by atoms with Crippen molar-refractivity contribution in [2.45, 2.75) is 38.3 Å². The highest BCUT2D eigenvalue weighted by molar-refractivity contribution is 5.94. The van der Waals surface area contributed by atoms with Crippen LogP contribution in [0.4, 0.5) is 0 Å². The Balaban J connectivity index is 1.64. The van der Waals surface area contributed by atoms with Crippen molar-refractivity contribution in [2.75, 3.05) is 20.8 Å². The molecule has 6 heteroatoms. The summed E-state index contributed by atoms with van der Waals surface area (Å²) in [6.07, 6.45) is 2.13. The number of amides is 2. The molecule has 2 amide bonds. The molecule has 0 saturated carbocycles. The number of nitrogens with zero attached hydrogens (tertiary/aromatic N) is 1. The SMILES string of the molecule is COc1ccc(C2CCCN2C(=O)CC(C)NC(=O)c2ccccc2)cc1OC. The van der Waals surface area contributed by atoms with Crippen LogP contribution in [0.1, 0.15) is 48.1 Å². The van der Waals surface area contributed by atoms with E-state index in [1.54, 1.807) is 26.4 Å². The fourth-order valence-corrected chi connectivity index (χ4v) is 3.80. The minimum atomic E-state index is -0.248. The Morgan fingerprint density at radius 1 is 1.10 bits per heavy atom. The van der Waals surface area contributed by atoms with E-state index in [2.05, 4.69) is 5.32 Å². The topological polar surface area (TPSA) is 67.9 Å². The largest absolute Gasteiger partial charge is 0.493 e. The summed E-state index contributed by atoms with van der Waals surface area (Å²) >= 11 is 0. The number of carbonyl (C=O) groups is 2. The van der Waals surface area contributed by atoms with E-state index in [1.165, 1.54) is 0 Å². The Kier molecular flexibility index (Phi) is 6.75. The summed E-state index contributed by atoms with van der Waals surface area (Å²) in [5.41, 5.74) is 1.63. The maximum Gasteiger partial charge on any atom is 0.251 e. The van der Waals surface area contributed by atoms with Crippen molar-refractivity contribution in [2.24, 2.45) is 0 Å². The van der Waals surface area contributed by atoms with Gasteiger partial charge in [-0.05, 0) is 49.6 Å². The van der Waals surface area contributed by atoms with Crippen LogP contribution in [0.3, 0.4) is 0 Å². The predicted octanol–water partition coefficient (Wildman–Crippen LogP) is 3.58. The molecule has 0 radical (unpaired) electrons. The molecule has 0 aliphatic carbocycles. The average Bonchev–Trinajstić information content (AvgIpc) is 3.23. The van der Waals surface area contributed by atoms with Gasteiger partial charge in [-0.15, -0.1) is 0 Å². The number of rotatable bonds is 7. The van der Waals surface area contributed by atoms with E-state index in [0.717, 1.165) is 24.9 Å². The summed E-state index contributed by atoms with van der Waals surface area (Å²) < 4.78 is 10.7. The van der Waals surface area contributed by atoms with E-state index in [1.807, 2.05) is 48.2 Å². The normalized spacial score (nSPS) is 16.9. The second-order valence-electron chi connectivity index (χ2n) is 7.30. The van der Waals surface area contributed by atoms with Gasteiger partial charge >= 0.3 is 0 Å². The number of hydrogen-bond acceptors (Lipinski definition) is 4. The zero-order valence-corrected chi connectivity index (χ0v) is 17.2. The van der Waals surface area contributed by atoms with E-state index in [-0.39, 0.29) is 30.3 Å². The lowest BCUT2D eigenvalue weighted by Gasteiger charge is -2.27. The molecule has 0 aromatic heterocycles. The van der Waals surface area contributed by atoms with Gasteiger partial charge in [0.05, 0.1) is 20.3 Å². The third-order valence-corrected chi connectivity index (χ3v) is 5.26. The molecule has 2 aromatic rings. The lowest BCUT2D eigenvalue weighted by Crippen LogP contribution is -2.39. The van der Waals surface area contributed by atoms with Gasteiger partial charge in [0.2, 0.25) is 5.91 Å². The predicted molar refractivity (Wildman–Crippen MR) is 111 cm³/mol. The third kappa shape index (κ3) is 4.88. The fourth-order valence-electron chi connectivity index (χ4n) is 3.80. The van der Waals surface area contributed by atoms with Gasteiger partial charge in [0.25, 0.3) is 5.91 Å². The fraction of sp³-hybridized carbons (Fsp3) is 0.391. The molecular formula is C23H28N2O4. The van der Waals surface area contributed by atoms with Crippen LogP contribution in [0.15, 0.2) is 48.5 Å². The monoisotopic (exact) mass is 396 g/mol. The minimum absolute atomic E-state index is 0.0133. The summed E-state index contributed by atoms with van der Waals surface area (Å²) in [5, 5.41) is 2.92. The number of nitrogens with one attached hydrogen (secondary N) is 1. The maximum atomic E-state index is 13.0. The minimum Gasteiger partial charge on any atom is -0.493 e. The van der Waals surface area contributed by atoms with Gasteiger partial charge in [0.1, 0.15) is 0 Å². The van der Waals surface area contributed by atoms with Crippen molar-refractivity contribution in [3.8, 4) is 11.5 Å². The highest BCUT2D eigenvalue weighted by atomic mass is 16.5. The van der Waals surface area contributed by atoms with Crippen LogP contribution in [-0.2, 0) is 4.79 Å². The van der Waals surface area contributed by atoms with E-state index in [9.17, 15) is 9.59 Å². The summed E-state index contributed by atoms with van der Waals surface area (Å²) in [6, 6.07) is 14.6. The van der Waals surface area contributed by atoms with Crippen molar-refractivity contribution in [1.82, 2.24) is 10.2 Å². The van der Waals surface area contributed by atoms with E-state index in [4.69, 9.17) is 9.47 Å². The Morgan fingerprint density at radius 2 is 1.83 bits per heavy atom. The van der Waals surface area contributed by atoms with Crippen LogP contribution in [0.2, 0.25) is 0 Å². The Morgan fingerprint density at radius 3 is 2.52 bits per heavy atom. The number of carbonyl (C=O) groups excluding carboxylic acids is 2. The lowest BCUT2D eigenvalue weighted by molar-refractivity contribution is -0.132. The molecule has 2 unspecified atom stereocenters. The van der Waals surface area contributed by atoms with Gasteiger partial charge in [-0.25, -0.2) is 0 Å². The first kappa shape index (κ1) is 20.7. The highest BCUT2D eigenvalue weighted by Crippen LogP contribution is 2.37. The van der Waals surface area contributed by atoms with E-state index < -0.39 is 0 Å². The van der Waals surface area contributed by atoms with Gasteiger partial charge in [0.15, 0.2) is 11.5 Å². The summed E-state index contributed by atoms with van der Waals surface area (Å²) in [5.74, 6) is 1.21. The van der Waals surface area contributed by atoms with Gasteiger partial charge in [-0.3, -0.25) is 9.59 Å². The maximum absolute atomic E-state index is 13.0. The number of benzene rings is 2. The summed E-state index contributed by atoms with van der Waals surface area (Å²) in [6.45, 7) is 2.58. The van der Waals surface area contributed by atoms with Crippen molar-refractivity contribution in [3.63, 3.8) is 0 Å². The molecule has 1 fully saturated rings.